The quantitative estimate of drug-likeness (QED) is 0.656. The first kappa shape index (κ1) is 6.99. The Hall–Kier alpha value is -1.12. The Labute approximate surface area is 60.4 Å². The van der Waals surface area contributed by atoms with Gasteiger partial charge in [-0.05, 0) is 6.92 Å². The highest BCUT2D eigenvalue weighted by Gasteiger charge is 2.04. The van der Waals surface area contributed by atoms with E-state index in [1.54, 1.807) is 6.26 Å². The van der Waals surface area contributed by atoms with Gasteiger partial charge in [0.15, 0.2) is 5.88 Å². The van der Waals surface area contributed by atoms with Gasteiger partial charge in [0, 0.05) is 19.7 Å². The van der Waals surface area contributed by atoms with Crippen LogP contribution in [0.15, 0.2) is 10.7 Å². The van der Waals surface area contributed by atoms with E-state index in [0.29, 0.717) is 0 Å². The zero-order chi connectivity index (χ0) is 7.56. The lowest BCUT2D eigenvalue weighted by Gasteiger charge is -1.96. The molecule has 1 aromatic rings. The minimum atomic E-state index is 0.823. The summed E-state index contributed by atoms with van der Waals surface area (Å²) in [5.41, 5.74) is 2.15. The molecule has 3 nitrogen and oxygen atoms in total. The Balaban J connectivity index is 2.97. The Bertz CT molecular complexity index is 196. The van der Waals surface area contributed by atoms with Crippen molar-refractivity contribution in [2.75, 3.05) is 24.7 Å². The van der Waals surface area contributed by atoms with Crippen LogP contribution >= 0.6 is 0 Å². The predicted octanol–water partition coefficient (Wildman–Crippen LogP) is 1.67. The van der Waals surface area contributed by atoms with Crippen molar-refractivity contribution in [1.29, 1.82) is 0 Å². The van der Waals surface area contributed by atoms with Crippen molar-refractivity contribution in [2.24, 2.45) is 0 Å². The zero-order valence-electron chi connectivity index (χ0n) is 6.49. The lowest BCUT2D eigenvalue weighted by Crippen LogP contribution is -1.90. The Morgan fingerprint density at radius 2 is 2.00 bits per heavy atom. The minimum Gasteiger partial charge on any atom is -0.447 e. The van der Waals surface area contributed by atoms with Gasteiger partial charge in [-0.2, -0.15) is 0 Å². The number of nitrogens with one attached hydrogen (secondary N) is 2. The van der Waals surface area contributed by atoms with Gasteiger partial charge in [0.2, 0.25) is 0 Å². The minimum absolute atomic E-state index is 0.823. The largest absolute Gasteiger partial charge is 0.447 e. The second-order valence-corrected chi connectivity index (χ2v) is 2.10. The van der Waals surface area contributed by atoms with Crippen molar-refractivity contribution in [1.82, 2.24) is 0 Å². The third-order valence-electron chi connectivity index (χ3n) is 1.54. The van der Waals surface area contributed by atoms with Crippen LogP contribution in [-0.4, -0.2) is 14.1 Å². The second kappa shape index (κ2) is 2.64. The summed E-state index contributed by atoms with van der Waals surface area (Å²) in [5.74, 6) is 0.823. The number of hydrogen-bond donors (Lipinski definition) is 2. The maximum atomic E-state index is 5.16. The van der Waals surface area contributed by atoms with E-state index in [2.05, 4.69) is 10.6 Å². The standard InChI is InChI=1S/C7H12N2O/c1-5-6(8-2)4-10-7(5)9-3/h4,8-9H,1-3H3. The molecule has 0 bridgehead atoms. The Kier molecular flexibility index (Phi) is 1.85. The fourth-order valence-electron chi connectivity index (χ4n) is 0.910. The monoisotopic (exact) mass is 140 g/mol. The predicted molar refractivity (Wildman–Crippen MR) is 42.5 cm³/mol. The van der Waals surface area contributed by atoms with Gasteiger partial charge in [0.25, 0.3) is 0 Å². The van der Waals surface area contributed by atoms with E-state index in [-0.39, 0.29) is 0 Å². The van der Waals surface area contributed by atoms with Gasteiger partial charge in [0.05, 0.1) is 5.69 Å². The molecule has 2 N–H and O–H groups in total. The van der Waals surface area contributed by atoms with Gasteiger partial charge in [-0.25, -0.2) is 0 Å². The lowest BCUT2D eigenvalue weighted by molar-refractivity contribution is 0.582. The van der Waals surface area contributed by atoms with Gasteiger partial charge in [-0.15, -0.1) is 0 Å². The van der Waals surface area contributed by atoms with Crippen molar-refractivity contribution in [3.63, 3.8) is 0 Å². The first-order valence-corrected chi connectivity index (χ1v) is 3.23. The first-order chi connectivity index (χ1) is 4.79. The van der Waals surface area contributed by atoms with Crippen molar-refractivity contribution in [3.8, 4) is 0 Å². The maximum Gasteiger partial charge on any atom is 0.197 e. The van der Waals surface area contributed by atoms with Crippen molar-refractivity contribution in [3.05, 3.63) is 11.8 Å². The molecule has 0 aliphatic heterocycles. The van der Waals surface area contributed by atoms with Crippen LogP contribution in [0.2, 0.25) is 0 Å². The molecule has 0 saturated heterocycles. The molecular weight excluding hydrogens is 128 g/mol. The van der Waals surface area contributed by atoms with Crippen molar-refractivity contribution >= 4 is 11.6 Å². The fourth-order valence-corrected chi connectivity index (χ4v) is 0.910. The van der Waals surface area contributed by atoms with Crippen LogP contribution in [0.5, 0.6) is 0 Å². The molecule has 0 unspecified atom stereocenters. The molecule has 1 rings (SSSR count). The maximum absolute atomic E-state index is 5.16. The number of hydrogen-bond acceptors (Lipinski definition) is 3. The summed E-state index contributed by atoms with van der Waals surface area (Å²) in [7, 11) is 3.71. The van der Waals surface area contributed by atoms with E-state index in [0.717, 1.165) is 17.1 Å². The van der Waals surface area contributed by atoms with Crippen LogP contribution in [0.1, 0.15) is 5.56 Å². The highest BCUT2D eigenvalue weighted by Crippen LogP contribution is 2.24. The summed E-state index contributed by atoms with van der Waals surface area (Å²) in [6.45, 7) is 2.00. The molecule has 1 heterocycles. The molecule has 0 saturated carbocycles. The van der Waals surface area contributed by atoms with Gasteiger partial charge in [0.1, 0.15) is 6.26 Å². The molecule has 0 aliphatic rings. The Morgan fingerprint density at radius 3 is 2.30 bits per heavy atom. The fraction of sp³-hybridized carbons (Fsp3) is 0.429. The molecule has 10 heavy (non-hydrogen) atoms. The first-order valence-electron chi connectivity index (χ1n) is 3.23. The van der Waals surface area contributed by atoms with Crippen LogP contribution in [0.25, 0.3) is 0 Å². The molecule has 0 aromatic carbocycles. The number of rotatable bonds is 2. The summed E-state index contributed by atoms with van der Waals surface area (Å²) in [4.78, 5) is 0. The lowest BCUT2D eigenvalue weighted by atomic mass is 10.3. The molecule has 0 atom stereocenters. The SMILES string of the molecule is CNc1coc(NC)c1C. The molecule has 1 aromatic heterocycles. The summed E-state index contributed by atoms with van der Waals surface area (Å²) < 4.78 is 5.16. The summed E-state index contributed by atoms with van der Waals surface area (Å²) in [6, 6.07) is 0. The molecular formula is C7H12N2O. The second-order valence-electron chi connectivity index (χ2n) is 2.10. The van der Waals surface area contributed by atoms with E-state index in [1.165, 1.54) is 0 Å². The third kappa shape index (κ3) is 0.943. The average molecular weight is 140 g/mol. The van der Waals surface area contributed by atoms with Gasteiger partial charge < -0.3 is 15.1 Å². The van der Waals surface area contributed by atoms with Gasteiger partial charge >= 0.3 is 0 Å². The Morgan fingerprint density at radius 1 is 1.30 bits per heavy atom. The smallest absolute Gasteiger partial charge is 0.197 e. The van der Waals surface area contributed by atoms with Crippen LogP contribution in [0.3, 0.4) is 0 Å². The highest BCUT2D eigenvalue weighted by molar-refractivity contribution is 5.59. The summed E-state index contributed by atoms with van der Waals surface area (Å²) in [5, 5.41) is 5.96. The average Bonchev–Trinajstić information content (AvgIpc) is 2.30. The van der Waals surface area contributed by atoms with Crippen LogP contribution < -0.4 is 10.6 Å². The van der Waals surface area contributed by atoms with Crippen LogP contribution in [0.4, 0.5) is 11.6 Å². The molecule has 0 spiro atoms. The van der Waals surface area contributed by atoms with E-state index in [1.807, 2.05) is 21.0 Å². The molecule has 0 amide bonds. The van der Waals surface area contributed by atoms with Crippen LogP contribution in [-0.2, 0) is 0 Å². The molecule has 0 fully saturated rings. The zero-order valence-corrected chi connectivity index (χ0v) is 6.49. The van der Waals surface area contributed by atoms with Crippen molar-refractivity contribution < 1.29 is 4.42 Å². The molecule has 0 radical (unpaired) electrons. The normalized spacial score (nSPS) is 9.50. The molecule has 0 aliphatic carbocycles. The van der Waals surface area contributed by atoms with Crippen molar-refractivity contribution in [2.45, 2.75) is 6.92 Å². The molecule has 56 valence electrons. The summed E-state index contributed by atoms with van der Waals surface area (Å²) >= 11 is 0. The number of furan rings is 1. The summed E-state index contributed by atoms with van der Waals surface area (Å²) in [6.07, 6.45) is 1.70. The van der Waals surface area contributed by atoms with E-state index < -0.39 is 0 Å². The van der Waals surface area contributed by atoms with E-state index in [4.69, 9.17) is 4.42 Å². The van der Waals surface area contributed by atoms with E-state index >= 15 is 0 Å². The van der Waals surface area contributed by atoms with Gasteiger partial charge in [-0.3, -0.25) is 0 Å². The highest BCUT2D eigenvalue weighted by atomic mass is 16.3. The number of anilines is 2. The molecule has 3 heteroatoms. The van der Waals surface area contributed by atoms with Crippen LogP contribution in [0, 0.1) is 6.92 Å². The van der Waals surface area contributed by atoms with Gasteiger partial charge in [-0.1, -0.05) is 0 Å². The van der Waals surface area contributed by atoms with E-state index in [9.17, 15) is 0 Å². The topological polar surface area (TPSA) is 37.2 Å². The third-order valence-corrected chi connectivity index (χ3v) is 1.54.